The highest BCUT2D eigenvalue weighted by molar-refractivity contribution is 5.76. The molecule has 0 radical (unpaired) electrons. The van der Waals surface area contributed by atoms with Crippen LogP contribution in [0.4, 0.5) is 0 Å². The van der Waals surface area contributed by atoms with E-state index in [0.29, 0.717) is 6.42 Å². The second-order valence-corrected chi connectivity index (χ2v) is 6.13. The maximum absolute atomic E-state index is 11.2. The molecule has 1 heteroatoms. The molecule has 0 heterocycles. The van der Waals surface area contributed by atoms with E-state index < -0.39 is 0 Å². The van der Waals surface area contributed by atoms with Crippen molar-refractivity contribution in [3.05, 3.63) is 70.8 Å². The zero-order chi connectivity index (χ0) is 16.7. The Labute approximate surface area is 139 Å². The first-order chi connectivity index (χ1) is 11.1. The molecule has 0 bridgehead atoms. The number of carbonyl (C=O) groups excluding carboxylic acids is 1. The summed E-state index contributed by atoms with van der Waals surface area (Å²) < 4.78 is 0. The highest BCUT2D eigenvalue weighted by Gasteiger charge is 2.07. The highest BCUT2D eigenvalue weighted by Crippen LogP contribution is 2.19. The van der Waals surface area contributed by atoms with Crippen molar-refractivity contribution in [3.63, 3.8) is 0 Å². The molecule has 0 N–H and O–H groups in total. The van der Waals surface area contributed by atoms with Crippen LogP contribution in [0.15, 0.2) is 48.5 Å². The van der Waals surface area contributed by atoms with E-state index in [1.54, 1.807) is 6.92 Å². The minimum atomic E-state index is 0.230. The molecule has 0 saturated carbocycles. The van der Waals surface area contributed by atoms with Crippen LogP contribution in [0.5, 0.6) is 0 Å². The predicted molar refractivity (Wildman–Crippen MR) is 96.6 cm³/mol. The third kappa shape index (κ3) is 5.42. The average molecular weight is 304 g/mol. The monoisotopic (exact) mass is 304 g/mol. The van der Waals surface area contributed by atoms with Crippen LogP contribution >= 0.6 is 0 Å². The standard InChI is InChI=1S/C22H24O/c1-4-5-19-6-8-20(9-7-19)10-11-21-12-14-22(15-13-21)17(2)16-18(3)23/h6-9,12-15,17H,4-5,16H2,1-3H3. The molecule has 1 nitrogen and oxygen atoms in total. The summed E-state index contributed by atoms with van der Waals surface area (Å²) in [4.78, 5) is 11.2. The molecule has 1 atom stereocenters. The Kier molecular flexibility index (Phi) is 6.18. The second kappa shape index (κ2) is 8.34. The summed E-state index contributed by atoms with van der Waals surface area (Å²) in [7, 11) is 0. The third-order valence-corrected chi connectivity index (χ3v) is 3.92. The van der Waals surface area contributed by atoms with Gasteiger partial charge in [0.15, 0.2) is 0 Å². The van der Waals surface area contributed by atoms with E-state index in [-0.39, 0.29) is 11.7 Å². The number of benzene rings is 2. The number of rotatable bonds is 5. The predicted octanol–water partition coefficient (Wildman–Crippen LogP) is 5.12. The van der Waals surface area contributed by atoms with E-state index in [2.05, 4.69) is 62.1 Å². The molecule has 0 fully saturated rings. The van der Waals surface area contributed by atoms with Gasteiger partial charge in [-0.05, 0) is 54.7 Å². The molecule has 0 aromatic heterocycles. The topological polar surface area (TPSA) is 17.1 Å². The lowest BCUT2D eigenvalue weighted by atomic mass is 9.95. The van der Waals surface area contributed by atoms with Crippen LogP contribution in [-0.2, 0) is 11.2 Å². The van der Waals surface area contributed by atoms with E-state index in [0.717, 1.165) is 17.5 Å². The van der Waals surface area contributed by atoms with Crippen LogP contribution < -0.4 is 0 Å². The SMILES string of the molecule is CCCc1ccc(C#Cc2ccc(C(C)CC(C)=O)cc2)cc1. The molecule has 0 spiro atoms. The fourth-order valence-electron chi connectivity index (χ4n) is 2.63. The van der Waals surface area contributed by atoms with Gasteiger partial charge < -0.3 is 4.79 Å². The van der Waals surface area contributed by atoms with Crippen molar-refractivity contribution in [1.82, 2.24) is 0 Å². The molecule has 2 rings (SSSR count). The molecule has 0 aliphatic heterocycles. The Morgan fingerprint density at radius 1 is 0.957 bits per heavy atom. The molecule has 0 amide bonds. The number of carbonyl (C=O) groups is 1. The van der Waals surface area contributed by atoms with Crippen molar-refractivity contribution >= 4 is 5.78 Å². The summed E-state index contributed by atoms with van der Waals surface area (Å²) >= 11 is 0. The van der Waals surface area contributed by atoms with Crippen LogP contribution in [0.25, 0.3) is 0 Å². The molecule has 23 heavy (non-hydrogen) atoms. The summed E-state index contributed by atoms with van der Waals surface area (Å²) in [6, 6.07) is 16.7. The molecule has 0 aliphatic carbocycles. The third-order valence-electron chi connectivity index (χ3n) is 3.92. The van der Waals surface area contributed by atoms with E-state index in [9.17, 15) is 4.79 Å². The van der Waals surface area contributed by atoms with Gasteiger partial charge in [-0.2, -0.15) is 0 Å². The van der Waals surface area contributed by atoms with Gasteiger partial charge in [0.05, 0.1) is 0 Å². The van der Waals surface area contributed by atoms with Gasteiger partial charge in [-0.3, -0.25) is 0 Å². The molecule has 2 aromatic carbocycles. The quantitative estimate of drug-likeness (QED) is 0.701. The van der Waals surface area contributed by atoms with Crippen molar-refractivity contribution < 1.29 is 4.79 Å². The van der Waals surface area contributed by atoms with Gasteiger partial charge in [0.25, 0.3) is 0 Å². The van der Waals surface area contributed by atoms with Crippen molar-refractivity contribution in [2.45, 2.75) is 46.0 Å². The van der Waals surface area contributed by atoms with Gasteiger partial charge in [-0.15, -0.1) is 0 Å². The summed E-state index contributed by atoms with van der Waals surface area (Å²) in [6.45, 7) is 5.91. The summed E-state index contributed by atoms with van der Waals surface area (Å²) in [6.07, 6.45) is 2.88. The fraction of sp³-hybridized carbons (Fsp3) is 0.318. The number of hydrogen-bond donors (Lipinski definition) is 0. The second-order valence-electron chi connectivity index (χ2n) is 6.13. The largest absolute Gasteiger partial charge is 0.300 e. The minimum absolute atomic E-state index is 0.230. The number of ketones is 1. The van der Waals surface area contributed by atoms with E-state index in [1.165, 1.54) is 17.5 Å². The van der Waals surface area contributed by atoms with Gasteiger partial charge in [0.2, 0.25) is 0 Å². The first-order valence-corrected chi connectivity index (χ1v) is 8.29. The van der Waals surface area contributed by atoms with Crippen LogP contribution in [-0.4, -0.2) is 5.78 Å². The molecular weight excluding hydrogens is 280 g/mol. The number of Topliss-reactive ketones (excluding diaryl/α,β-unsaturated/α-hetero) is 1. The van der Waals surface area contributed by atoms with Gasteiger partial charge in [-0.25, -0.2) is 0 Å². The molecule has 0 aliphatic rings. The lowest BCUT2D eigenvalue weighted by Crippen LogP contribution is -2.00. The van der Waals surface area contributed by atoms with Crippen molar-refractivity contribution in [1.29, 1.82) is 0 Å². The zero-order valence-electron chi connectivity index (χ0n) is 14.2. The number of hydrogen-bond acceptors (Lipinski definition) is 1. The first-order valence-electron chi connectivity index (χ1n) is 8.29. The van der Waals surface area contributed by atoms with Gasteiger partial charge in [0, 0.05) is 17.5 Å². The molecule has 0 saturated heterocycles. The lowest BCUT2D eigenvalue weighted by Gasteiger charge is -2.09. The van der Waals surface area contributed by atoms with Crippen LogP contribution in [0.1, 0.15) is 61.8 Å². The normalized spacial score (nSPS) is 11.4. The molecule has 1 unspecified atom stereocenters. The van der Waals surface area contributed by atoms with Gasteiger partial charge >= 0.3 is 0 Å². The van der Waals surface area contributed by atoms with E-state index >= 15 is 0 Å². The maximum Gasteiger partial charge on any atom is 0.130 e. The Balaban J connectivity index is 2.05. The Morgan fingerprint density at radius 3 is 1.96 bits per heavy atom. The van der Waals surface area contributed by atoms with Crippen molar-refractivity contribution in [2.75, 3.05) is 0 Å². The van der Waals surface area contributed by atoms with Crippen LogP contribution in [0.2, 0.25) is 0 Å². The summed E-state index contributed by atoms with van der Waals surface area (Å²) in [5.41, 5.74) is 4.59. The number of aryl methyl sites for hydroxylation is 1. The Bertz CT molecular complexity index is 696. The van der Waals surface area contributed by atoms with Gasteiger partial charge in [0.1, 0.15) is 5.78 Å². The van der Waals surface area contributed by atoms with Crippen molar-refractivity contribution in [3.8, 4) is 11.8 Å². The fourth-order valence-corrected chi connectivity index (χ4v) is 2.63. The molecule has 118 valence electrons. The van der Waals surface area contributed by atoms with Crippen molar-refractivity contribution in [2.24, 2.45) is 0 Å². The average Bonchev–Trinajstić information content (AvgIpc) is 2.54. The lowest BCUT2D eigenvalue weighted by molar-refractivity contribution is -0.117. The summed E-state index contributed by atoms with van der Waals surface area (Å²) in [5, 5.41) is 0. The van der Waals surface area contributed by atoms with Gasteiger partial charge in [-0.1, -0.05) is 56.4 Å². The molecule has 2 aromatic rings. The minimum Gasteiger partial charge on any atom is -0.300 e. The Morgan fingerprint density at radius 2 is 1.48 bits per heavy atom. The van der Waals surface area contributed by atoms with Crippen LogP contribution in [0, 0.1) is 11.8 Å². The molecular formula is C22H24O. The smallest absolute Gasteiger partial charge is 0.130 e. The summed E-state index contributed by atoms with van der Waals surface area (Å²) in [5.74, 6) is 6.90. The maximum atomic E-state index is 11.2. The Hall–Kier alpha value is -2.33. The van der Waals surface area contributed by atoms with E-state index in [1.807, 2.05) is 12.1 Å². The zero-order valence-corrected chi connectivity index (χ0v) is 14.2. The first kappa shape index (κ1) is 17.0. The highest BCUT2D eigenvalue weighted by atomic mass is 16.1. The van der Waals surface area contributed by atoms with Crippen LogP contribution in [0.3, 0.4) is 0 Å². The van der Waals surface area contributed by atoms with E-state index in [4.69, 9.17) is 0 Å².